The minimum absolute atomic E-state index is 0.231. The summed E-state index contributed by atoms with van der Waals surface area (Å²) in [6, 6.07) is 9.61. The van der Waals surface area contributed by atoms with E-state index >= 15 is 0 Å². The first kappa shape index (κ1) is 20.7. The van der Waals surface area contributed by atoms with Gasteiger partial charge in [0.15, 0.2) is 5.65 Å². The Bertz CT molecular complexity index is 1290. The van der Waals surface area contributed by atoms with E-state index in [2.05, 4.69) is 20.5 Å². The van der Waals surface area contributed by atoms with Gasteiger partial charge in [-0.3, -0.25) is 9.48 Å². The van der Waals surface area contributed by atoms with E-state index in [0.717, 1.165) is 22.5 Å². The van der Waals surface area contributed by atoms with E-state index in [4.69, 9.17) is 0 Å². The lowest BCUT2D eigenvalue weighted by molar-refractivity contribution is 0.102. The molecular weight excluding hydrogens is 395 g/mol. The first-order valence-electron chi connectivity index (χ1n) is 10.0. The Morgan fingerprint density at radius 2 is 1.74 bits per heavy atom. The van der Waals surface area contributed by atoms with Gasteiger partial charge in [-0.2, -0.15) is 10.2 Å². The lowest BCUT2D eigenvalue weighted by Gasteiger charge is -2.14. The van der Waals surface area contributed by atoms with Crippen LogP contribution in [0.4, 0.5) is 10.2 Å². The van der Waals surface area contributed by atoms with Crippen molar-refractivity contribution in [3.05, 3.63) is 64.9 Å². The molecule has 0 atom stereocenters. The number of aromatic nitrogens is 5. The monoisotopic (exact) mass is 420 g/mol. The number of hydrogen-bond donors (Lipinski definition) is 1. The van der Waals surface area contributed by atoms with Crippen molar-refractivity contribution in [2.45, 2.75) is 40.0 Å². The second-order valence-corrected chi connectivity index (χ2v) is 8.73. The summed E-state index contributed by atoms with van der Waals surface area (Å²) in [5, 5.41) is 12.8. The number of benzene rings is 1. The molecule has 31 heavy (non-hydrogen) atoms. The van der Waals surface area contributed by atoms with Crippen molar-refractivity contribution < 1.29 is 9.18 Å². The highest BCUT2D eigenvalue weighted by atomic mass is 19.1. The zero-order valence-electron chi connectivity index (χ0n) is 18.5. The summed E-state index contributed by atoms with van der Waals surface area (Å²) >= 11 is 0. The molecule has 4 aromatic rings. The normalized spacial score (nSPS) is 11.8. The second kappa shape index (κ2) is 7.30. The molecule has 1 aromatic carbocycles. The van der Waals surface area contributed by atoms with E-state index in [-0.39, 0.29) is 17.1 Å². The molecule has 0 aliphatic carbocycles. The summed E-state index contributed by atoms with van der Waals surface area (Å²) in [5.41, 5.74) is 3.84. The van der Waals surface area contributed by atoms with Gasteiger partial charge < -0.3 is 5.32 Å². The Hall–Kier alpha value is -3.55. The minimum atomic E-state index is -0.334. The number of anilines is 1. The third kappa shape index (κ3) is 3.81. The first-order chi connectivity index (χ1) is 14.5. The molecule has 7 nitrogen and oxygen atoms in total. The highest BCUT2D eigenvalue weighted by Crippen LogP contribution is 2.28. The quantitative estimate of drug-likeness (QED) is 0.531. The summed E-state index contributed by atoms with van der Waals surface area (Å²) in [4.78, 5) is 17.9. The van der Waals surface area contributed by atoms with Crippen molar-refractivity contribution in [3.8, 4) is 5.69 Å². The molecule has 0 saturated heterocycles. The van der Waals surface area contributed by atoms with Gasteiger partial charge in [-0.25, -0.2) is 14.1 Å². The Morgan fingerprint density at radius 1 is 1.06 bits per heavy atom. The Kier molecular flexibility index (Phi) is 4.88. The number of carbonyl (C=O) groups is 1. The van der Waals surface area contributed by atoms with Crippen LogP contribution in [-0.4, -0.2) is 30.5 Å². The summed E-state index contributed by atoms with van der Waals surface area (Å²) in [5.74, 6) is -0.111. The number of nitrogens with one attached hydrogen (secondary N) is 1. The smallest absolute Gasteiger partial charge is 0.257 e. The van der Waals surface area contributed by atoms with Crippen LogP contribution in [0.3, 0.4) is 0 Å². The van der Waals surface area contributed by atoms with Crippen molar-refractivity contribution in [1.82, 2.24) is 24.5 Å². The minimum Gasteiger partial charge on any atom is -0.306 e. The molecular formula is C23H25FN6O. The standard InChI is InChI=1S/C23H25FN6O/c1-13-11-17(20-14(2)27-29(6)21(20)25-13)22(31)26-19-12-18(23(3,4)5)28-30(19)16-9-7-15(24)8-10-16/h7-12H,1-6H3,(H,26,31). The van der Waals surface area contributed by atoms with Crippen LogP contribution < -0.4 is 5.32 Å². The van der Waals surface area contributed by atoms with Gasteiger partial charge in [0.25, 0.3) is 5.91 Å². The largest absolute Gasteiger partial charge is 0.306 e. The van der Waals surface area contributed by atoms with Gasteiger partial charge in [0.05, 0.1) is 28.0 Å². The molecule has 3 heterocycles. The Labute approximate surface area is 179 Å². The molecule has 0 aliphatic rings. The summed E-state index contributed by atoms with van der Waals surface area (Å²) in [7, 11) is 1.81. The third-order valence-corrected chi connectivity index (χ3v) is 5.13. The average molecular weight is 420 g/mol. The molecule has 1 N–H and O–H groups in total. The maximum Gasteiger partial charge on any atom is 0.257 e. The van der Waals surface area contributed by atoms with Crippen LogP contribution in [0, 0.1) is 19.7 Å². The number of amides is 1. The predicted molar refractivity (Wildman–Crippen MR) is 118 cm³/mol. The molecule has 3 aromatic heterocycles. The van der Waals surface area contributed by atoms with Gasteiger partial charge in [0.2, 0.25) is 0 Å². The number of carbonyl (C=O) groups excluding carboxylic acids is 1. The van der Waals surface area contributed by atoms with Gasteiger partial charge in [0.1, 0.15) is 11.6 Å². The van der Waals surface area contributed by atoms with E-state index in [0.29, 0.717) is 22.7 Å². The van der Waals surface area contributed by atoms with Crippen LogP contribution in [0.25, 0.3) is 16.7 Å². The molecule has 0 fully saturated rings. The zero-order valence-corrected chi connectivity index (χ0v) is 18.5. The van der Waals surface area contributed by atoms with Crippen LogP contribution >= 0.6 is 0 Å². The van der Waals surface area contributed by atoms with Gasteiger partial charge in [-0.1, -0.05) is 20.8 Å². The topological polar surface area (TPSA) is 77.6 Å². The van der Waals surface area contributed by atoms with Crippen LogP contribution in [0.15, 0.2) is 36.4 Å². The van der Waals surface area contributed by atoms with E-state index in [1.165, 1.54) is 12.1 Å². The number of pyridine rings is 1. The number of hydrogen-bond acceptors (Lipinski definition) is 4. The summed E-state index contributed by atoms with van der Waals surface area (Å²) in [6.45, 7) is 9.84. The molecule has 1 amide bonds. The molecule has 0 spiro atoms. The van der Waals surface area contributed by atoms with Gasteiger partial charge in [-0.15, -0.1) is 0 Å². The SMILES string of the molecule is Cc1cc(C(=O)Nc2cc(C(C)(C)C)nn2-c2ccc(F)cc2)c2c(C)nn(C)c2n1. The fourth-order valence-corrected chi connectivity index (χ4v) is 3.55. The van der Waals surface area contributed by atoms with E-state index in [1.54, 1.807) is 27.6 Å². The van der Waals surface area contributed by atoms with Crippen molar-refractivity contribution in [3.63, 3.8) is 0 Å². The summed E-state index contributed by atoms with van der Waals surface area (Å²) < 4.78 is 16.7. The highest BCUT2D eigenvalue weighted by Gasteiger charge is 2.23. The molecule has 160 valence electrons. The fraction of sp³-hybridized carbons (Fsp3) is 0.304. The van der Waals surface area contributed by atoms with E-state index in [1.807, 2.05) is 47.7 Å². The highest BCUT2D eigenvalue weighted by molar-refractivity contribution is 6.12. The Balaban J connectivity index is 1.81. The van der Waals surface area contributed by atoms with Crippen molar-refractivity contribution in [2.75, 3.05) is 5.32 Å². The number of halogens is 1. The molecule has 8 heteroatoms. The molecule has 0 saturated carbocycles. The maximum atomic E-state index is 13.4. The fourth-order valence-electron chi connectivity index (χ4n) is 3.55. The lowest BCUT2D eigenvalue weighted by Crippen LogP contribution is -2.16. The molecule has 0 radical (unpaired) electrons. The van der Waals surface area contributed by atoms with Crippen LogP contribution in [0.2, 0.25) is 0 Å². The number of fused-ring (bicyclic) bond motifs is 1. The van der Waals surface area contributed by atoms with E-state index < -0.39 is 0 Å². The second-order valence-electron chi connectivity index (χ2n) is 8.73. The summed E-state index contributed by atoms with van der Waals surface area (Å²) in [6.07, 6.45) is 0. The van der Waals surface area contributed by atoms with Gasteiger partial charge >= 0.3 is 0 Å². The van der Waals surface area contributed by atoms with Crippen molar-refractivity contribution >= 4 is 22.8 Å². The lowest BCUT2D eigenvalue weighted by atomic mass is 9.92. The third-order valence-electron chi connectivity index (χ3n) is 5.13. The van der Waals surface area contributed by atoms with Gasteiger partial charge in [0, 0.05) is 24.2 Å². The molecule has 4 rings (SSSR count). The number of nitrogens with zero attached hydrogens (tertiary/aromatic N) is 5. The van der Waals surface area contributed by atoms with Crippen LogP contribution in [0.1, 0.15) is 48.2 Å². The number of rotatable bonds is 3. The zero-order chi connectivity index (χ0) is 22.5. The van der Waals surface area contributed by atoms with Crippen molar-refractivity contribution in [1.29, 1.82) is 0 Å². The van der Waals surface area contributed by atoms with Gasteiger partial charge in [-0.05, 0) is 44.2 Å². The first-order valence-corrected chi connectivity index (χ1v) is 10.0. The Morgan fingerprint density at radius 3 is 2.39 bits per heavy atom. The van der Waals surface area contributed by atoms with Crippen LogP contribution in [-0.2, 0) is 12.5 Å². The van der Waals surface area contributed by atoms with Crippen molar-refractivity contribution in [2.24, 2.45) is 7.05 Å². The molecule has 0 bridgehead atoms. The molecule has 0 unspecified atom stereocenters. The predicted octanol–water partition coefficient (Wildman–Crippen LogP) is 4.46. The van der Waals surface area contributed by atoms with E-state index in [9.17, 15) is 9.18 Å². The van der Waals surface area contributed by atoms with Crippen LogP contribution in [0.5, 0.6) is 0 Å². The number of aryl methyl sites for hydroxylation is 3. The maximum absolute atomic E-state index is 13.4. The average Bonchev–Trinajstić information content (AvgIpc) is 3.23. The molecule has 0 aliphatic heterocycles.